The molecule has 0 bridgehead atoms. The summed E-state index contributed by atoms with van der Waals surface area (Å²) in [4.78, 5) is 17.1. The molecule has 3 atom stereocenters. The molecule has 1 saturated heterocycles. The van der Waals surface area contributed by atoms with Crippen LogP contribution in [0.15, 0.2) is 42.5 Å². The highest BCUT2D eigenvalue weighted by atomic mass is 35.5. The van der Waals surface area contributed by atoms with E-state index in [2.05, 4.69) is 28.4 Å². The van der Waals surface area contributed by atoms with Crippen LogP contribution in [-0.4, -0.2) is 85.1 Å². The maximum Gasteiger partial charge on any atom is 0.257 e. The number of aliphatic hydroxyl groups excluding tert-OH is 1. The molecule has 3 aliphatic heterocycles. The van der Waals surface area contributed by atoms with Gasteiger partial charge in [0.2, 0.25) is 0 Å². The van der Waals surface area contributed by atoms with Gasteiger partial charge in [-0.3, -0.25) is 9.69 Å². The molecule has 0 spiro atoms. The van der Waals surface area contributed by atoms with Crippen molar-refractivity contribution in [3.05, 3.63) is 59.2 Å². The van der Waals surface area contributed by atoms with Gasteiger partial charge in [-0.2, -0.15) is 0 Å². The Bertz CT molecular complexity index is 1030. The lowest BCUT2D eigenvalue weighted by Gasteiger charge is -2.32. The number of alkyl halides is 1. The SMILES string of the molecule is Cl.Cl.O=C1c2ccc(OC3CCNCC3F)cc2OCCN1CC(O)CN1CCc2ccccc2C1. The summed E-state index contributed by atoms with van der Waals surface area (Å²) in [6, 6.07) is 13.5. The van der Waals surface area contributed by atoms with Crippen molar-refractivity contribution in [3.63, 3.8) is 0 Å². The Morgan fingerprint density at radius 3 is 2.75 bits per heavy atom. The average Bonchev–Trinajstić information content (AvgIpc) is 2.99. The molecule has 1 amide bonds. The smallest absolute Gasteiger partial charge is 0.257 e. The van der Waals surface area contributed by atoms with Crippen LogP contribution in [0.25, 0.3) is 0 Å². The first-order valence-electron chi connectivity index (χ1n) is 12.1. The van der Waals surface area contributed by atoms with E-state index in [1.54, 1.807) is 23.1 Å². The molecule has 0 aliphatic carbocycles. The summed E-state index contributed by atoms with van der Waals surface area (Å²) in [5, 5.41) is 13.8. The van der Waals surface area contributed by atoms with Gasteiger partial charge in [-0.25, -0.2) is 4.39 Å². The monoisotopic (exact) mass is 541 g/mol. The van der Waals surface area contributed by atoms with Crippen LogP contribution in [0, 0.1) is 0 Å². The number of amides is 1. The second-order valence-electron chi connectivity index (χ2n) is 9.33. The molecule has 0 saturated carbocycles. The number of nitrogens with one attached hydrogen (secondary N) is 1. The Kier molecular flexibility index (Phi) is 10.2. The third-order valence-corrected chi connectivity index (χ3v) is 6.84. The van der Waals surface area contributed by atoms with Gasteiger partial charge in [0.1, 0.15) is 30.4 Å². The Morgan fingerprint density at radius 1 is 1.14 bits per heavy atom. The molecule has 2 N–H and O–H groups in total. The van der Waals surface area contributed by atoms with Gasteiger partial charge in [0, 0.05) is 38.8 Å². The van der Waals surface area contributed by atoms with Crippen LogP contribution in [0.4, 0.5) is 4.39 Å². The molecule has 0 radical (unpaired) electrons. The number of carbonyl (C=O) groups excluding carboxylic acids is 1. The zero-order valence-corrected chi connectivity index (χ0v) is 21.7. The van der Waals surface area contributed by atoms with E-state index in [0.717, 1.165) is 19.5 Å². The van der Waals surface area contributed by atoms with Gasteiger partial charge >= 0.3 is 0 Å². The minimum atomic E-state index is -1.07. The lowest BCUT2D eigenvalue weighted by atomic mass is 10.00. The Morgan fingerprint density at radius 2 is 1.94 bits per heavy atom. The second kappa shape index (κ2) is 12.9. The quantitative estimate of drug-likeness (QED) is 0.585. The van der Waals surface area contributed by atoms with E-state index in [9.17, 15) is 14.3 Å². The molecule has 2 aromatic carbocycles. The van der Waals surface area contributed by atoms with Gasteiger partial charge in [0.15, 0.2) is 0 Å². The fourth-order valence-corrected chi connectivity index (χ4v) is 5.01. The molecule has 0 aromatic heterocycles. The van der Waals surface area contributed by atoms with E-state index < -0.39 is 18.4 Å². The summed E-state index contributed by atoms with van der Waals surface area (Å²) < 4.78 is 25.8. The molecule has 3 unspecified atom stereocenters. The van der Waals surface area contributed by atoms with Crippen LogP contribution in [0.2, 0.25) is 0 Å². The maximum absolute atomic E-state index is 14.1. The van der Waals surface area contributed by atoms with Crippen molar-refractivity contribution in [2.45, 2.75) is 37.8 Å². The normalized spacial score (nSPS) is 22.6. The predicted molar refractivity (Wildman–Crippen MR) is 141 cm³/mol. The summed E-state index contributed by atoms with van der Waals surface area (Å²) in [5.41, 5.74) is 3.11. The van der Waals surface area contributed by atoms with Gasteiger partial charge in [-0.05, 0) is 42.6 Å². The van der Waals surface area contributed by atoms with Gasteiger partial charge in [-0.15, -0.1) is 24.8 Å². The zero-order chi connectivity index (χ0) is 23.5. The number of ether oxygens (including phenoxy) is 2. The standard InChI is InChI=1S/C26H32FN3O4.2ClH/c27-23-14-28-9-7-24(23)34-21-5-6-22-25(13-21)33-12-11-30(26(22)32)17-20(31)16-29-10-8-18-3-1-2-4-19(18)15-29;;/h1-6,13,20,23-24,28,31H,7-12,14-17H2;2*1H. The number of piperidine rings is 1. The van der Waals surface area contributed by atoms with Crippen molar-refractivity contribution in [3.8, 4) is 11.5 Å². The number of nitrogens with zero attached hydrogens (tertiary/aromatic N) is 2. The van der Waals surface area contributed by atoms with Gasteiger partial charge in [0.25, 0.3) is 5.91 Å². The van der Waals surface area contributed by atoms with E-state index in [4.69, 9.17) is 9.47 Å². The zero-order valence-electron chi connectivity index (χ0n) is 20.1. The Labute approximate surface area is 223 Å². The first-order valence-corrected chi connectivity index (χ1v) is 12.1. The molecule has 7 nitrogen and oxygen atoms in total. The number of rotatable bonds is 6. The molecular weight excluding hydrogens is 508 g/mol. The largest absolute Gasteiger partial charge is 0.491 e. The molecule has 3 heterocycles. The third kappa shape index (κ3) is 6.61. The van der Waals surface area contributed by atoms with Gasteiger partial charge < -0.3 is 24.8 Å². The van der Waals surface area contributed by atoms with Crippen LogP contribution >= 0.6 is 24.8 Å². The number of benzene rings is 2. The Balaban J connectivity index is 0.00000180. The fourth-order valence-electron chi connectivity index (χ4n) is 5.01. The van der Waals surface area contributed by atoms with Crippen molar-refractivity contribution in [2.75, 3.05) is 45.9 Å². The van der Waals surface area contributed by atoms with Crippen LogP contribution in [0.5, 0.6) is 11.5 Å². The van der Waals surface area contributed by atoms with Crippen molar-refractivity contribution in [1.29, 1.82) is 0 Å². The topological polar surface area (TPSA) is 74.3 Å². The molecule has 36 heavy (non-hydrogen) atoms. The van der Waals surface area contributed by atoms with E-state index >= 15 is 0 Å². The molecule has 5 rings (SSSR count). The Hall–Kier alpha value is -2.10. The van der Waals surface area contributed by atoms with Crippen LogP contribution in [0.1, 0.15) is 27.9 Å². The summed E-state index contributed by atoms with van der Waals surface area (Å²) >= 11 is 0. The first-order chi connectivity index (χ1) is 16.6. The number of halogens is 3. The number of β-amino-alcohol motifs (C(OH)–C–C–N with tert-alkyl or cyclic N) is 1. The van der Waals surface area contributed by atoms with Crippen molar-refractivity contribution < 1.29 is 23.8 Å². The number of aliphatic hydroxyl groups is 1. The minimum Gasteiger partial charge on any atom is -0.491 e. The average molecular weight is 542 g/mol. The first kappa shape index (κ1) is 28.5. The van der Waals surface area contributed by atoms with Crippen molar-refractivity contribution >= 4 is 30.7 Å². The predicted octanol–water partition coefficient (Wildman–Crippen LogP) is 2.86. The summed E-state index contributed by atoms with van der Waals surface area (Å²) in [6.07, 6.45) is -0.668. The summed E-state index contributed by atoms with van der Waals surface area (Å²) in [5.74, 6) is 0.767. The molecule has 1 fully saturated rings. The fraction of sp³-hybridized carbons (Fsp3) is 0.500. The van der Waals surface area contributed by atoms with Crippen molar-refractivity contribution in [1.82, 2.24) is 15.1 Å². The molecule has 10 heteroatoms. The van der Waals surface area contributed by atoms with E-state index in [0.29, 0.717) is 49.7 Å². The number of fused-ring (bicyclic) bond motifs is 2. The van der Waals surface area contributed by atoms with Crippen molar-refractivity contribution in [2.24, 2.45) is 0 Å². The number of carbonyl (C=O) groups is 1. The molecule has 3 aliphatic rings. The molecule has 198 valence electrons. The van der Waals surface area contributed by atoms with Crippen LogP contribution in [-0.2, 0) is 13.0 Å². The highest BCUT2D eigenvalue weighted by Gasteiger charge is 2.29. The lowest BCUT2D eigenvalue weighted by Crippen LogP contribution is -2.44. The third-order valence-electron chi connectivity index (χ3n) is 6.84. The number of hydrogen-bond acceptors (Lipinski definition) is 6. The summed E-state index contributed by atoms with van der Waals surface area (Å²) in [7, 11) is 0. The minimum absolute atomic E-state index is 0. The second-order valence-corrected chi connectivity index (χ2v) is 9.33. The molecular formula is C26H34Cl2FN3O4. The lowest BCUT2D eigenvalue weighted by molar-refractivity contribution is 0.0501. The highest BCUT2D eigenvalue weighted by Crippen LogP contribution is 2.30. The highest BCUT2D eigenvalue weighted by molar-refractivity contribution is 5.97. The van der Waals surface area contributed by atoms with E-state index in [1.807, 2.05) is 6.07 Å². The van der Waals surface area contributed by atoms with Gasteiger partial charge in [0.05, 0.1) is 18.2 Å². The van der Waals surface area contributed by atoms with Crippen LogP contribution in [0.3, 0.4) is 0 Å². The summed E-state index contributed by atoms with van der Waals surface area (Å²) in [6.45, 7) is 4.18. The maximum atomic E-state index is 14.1. The van der Waals surface area contributed by atoms with E-state index in [-0.39, 0.29) is 43.8 Å². The number of hydrogen-bond donors (Lipinski definition) is 2. The van der Waals surface area contributed by atoms with Crippen LogP contribution < -0.4 is 14.8 Å². The van der Waals surface area contributed by atoms with E-state index in [1.165, 1.54) is 11.1 Å². The molecule has 2 aromatic rings. The van der Waals surface area contributed by atoms with Gasteiger partial charge in [-0.1, -0.05) is 24.3 Å².